The molecule has 1 amide bonds. The van der Waals surface area contributed by atoms with E-state index in [1.165, 1.54) is 18.2 Å². The lowest BCUT2D eigenvalue weighted by Crippen LogP contribution is -2.44. The molecule has 2 N–H and O–H groups in total. The second kappa shape index (κ2) is 4.88. The second-order valence-electron chi connectivity index (χ2n) is 5.23. The van der Waals surface area contributed by atoms with Gasteiger partial charge in [-0.25, -0.2) is 0 Å². The third-order valence-corrected chi connectivity index (χ3v) is 3.53. The smallest absolute Gasteiger partial charge is 0.254 e. The van der Waals surface area contributed by atoms with Crippen LogP contribution in [0.15, 0.2) is 18.2 Å². The van der Waals surface area contributed by atoms with Gasteiger partial charge in [0.2, 0.25) is 0 Å². The highest BCUT2D eigenvalue weighted by atomic mass is 16.3. The third-order valence-electron chi connectivity index (χ3n) is 3.53. The van der Waals surface area contributed by atoms with E-state index in [4.69, 9.17) is 0 Å². The van der Waals surface area contributed by atoms with Gasteiger partial charge in [-0.2, -0.15) is 0 Å². The summed E-state index contributed by atoms with van der Waals surface area (Å²) in [5, 5.41) is 18.9. The Bertz CT molecular complexity index is 438. The minimum absolute atomic E-state index is 0.0870. The Kier molecular flexibility index (Phi) is 3.45. The average Bonchev–Trinajstić information content (AvgIpc) is 2.30. The van der Waals surface area contributed by atoms with Gasteiger partial charge in [-0.1, -0.05) is 6.92 Å². The quantitative estimate of drug-likeness (QED) is 0.803. The van der Waals surface area contributed by atoms with Crippen LogP contribution in [0, 0.1) is 5.92 Å². The van der Waals surface area contributed by atoms with Crippen LogP contribution in [-0.4, -0.2) is 33.6 Å². The van der Waals surface area contributed by atoms with E-state index in [-0.39, 0.29) is 23.4 Å². The van der Waals surface area contributed by atoms with Gasteiger partial charge in [0.1, 0.15) is 11.5 Å². The molecule has 2 unspecified atom stereocenters. The van der Waals surface area contributed by atoms with Crippen LogP contribution in [0.1, 0.15) is 37.0 Å². The van der Waals surface area contributed by atoms with Crippen molar-refractivity contribution in [2.75, 3.05) is 6.54 Å². The zero-order chi connectivity index (χ0) is 13.3. The number of hydrogen-bond donors (Lipinski definition) is 2. The first-order valence-electron chi connectivity index (χ1n) is 6.31. The molecule has 1 aromatic carbocycles. The van der Waals surface area contributed by atoms with Crippen LogP contribution in [0.5, 0.6) is 11.5 Å². The minimum atomic E-state index is -0.125. The SMILES string of the molecule is CC1CCC(C)N(C(=O)c2cc(O)cc(O)c2)C1. The molecule has 1 aliphatic heterocycles. The van der Waals surface area contributed by atoms with E-state index in [0.717, 1.165) is 19.4 Å². The monoisotopic (exact) mass is 249 g/mol. The Balaban J connectivity index is 2.24. The van der Waals surface area contributed by atoms with Crippen molar-refractivity contribution in [3.63, 3.8) is 0 Å². The summed E-state index contributed by atoms with van der Waals surface area (Å²) in [6.45, 7) is 4.90. The Labute approximate surface area is 107 Å². The summed E-state index contributed by atoms with van der Waals surface area (Å²) in [5.41, 5.74) is 0.341. The number of likely N-dealkylation sites (tertiary alicyclic amines) is 1. The maximum absolute atomic E-state index is 12.4. The molecule has 4 nitrogen and oxygen atoms in total. The summed E-state index contributed by atoms with van der Waals surface area (Å²) >= 11 is 0. The molecule has 1 fully saturated rings. The second-order valence-corrected chi connectivity index (χ2v) is 5.23. The topological polar surface area (TPSA) is 60.8 Å². The number of amides is 1. The fourth-order valence-electron chi connectivity index (χ4n) is 2.46. The minimum Gasteiger partial charge on any atom is -0.508 e. The van der Waals surface area contributed by atoms with E-state index in [9.17, 15) is 15.0 Å². The highest BCUT2D eigenvalue weighted by Crippen LogP contribution is 2.26. The van der Waals surface area contributed by atoms with E-state index >= 15 is 0 Å². The number of carbonyl (C=O) groups excluding carboxylic acids is 1. The van der Waals surface area contributed by atoms with Gasteiger partial charge in [-0.15, -0.1) is 0 Å². The summed E-state index contributed by atoms with van der Waals surface area (Å²) in [4.78, 5) is 14.2. The predicted octanol–water partition coefficient (Wildman–Crippen LogP) is 2.36. The van der Waals surface area contributed by atoms with Crippen LogP contribution in [0.3, 0.4) is 0 Å². The summed E-state index contributed by atoms with van der Waals surface area (Å²) in [6.07, 6.45) is 2.13. The Morgan fingerprint density at radius 3 is 2.39 bits per heavy atom. The lowest BCUT2D eigenvalue weighted by atomic mass is 9.94. The van der Waals surface area contributed by atoms with Crippen molar-refractivity contribution in [3.8, 4) is 11.5 Å². The van der Waals surface area contributed by atoms with Crippen molar-refractivity contribution in [1.29, 1.82) is 0 Å². The zero-order valence-electron chi connectivity index (χ0n) is 10.8. The van der Waals surface area contributed by atoms with Crippen molar-refractivity contribution in [3.05, 3.63) is 23.8 Å². The van der Waals surface area contributed by atoms with Crippen LogP contribution >= 0.6 is 0 Å². The van der Waals surface area contributed by atoms with Crippen LogP contribution < -0.4 is 0 Å². The molecular formula is C14H19NO3. The van der Waals surface area contributed by atoms with Gasteiger partial charge in [-0.05, 0) is 37.8 Å². The number of nitrogens with zero attached hydrogens (tertiary/aromatic N) is 1. The molecule has 0 radical (unpaired) electrons. The molecule has 0 bridgehead atoms. The van der Waals surface area contributed by atoms with Gasteiger partial charge in [0.25, 0.3) is 5.91 Å². The average molecular weight is 249 g/mol. The molecule has 1 aromatic rings. The molecule has 0 aromatic heterocycles. The molecule has 1 aliphatic rings. The van der Waals surface area contributed by atoms with Crippen LogP contribution in [-0.2, 0) is 0 Å². The molecular weight excluding hydrogens is 230 g/mol. The number of carbonyl (C=O) groups is 1. The number of aromatic hydroxyl groups is 2. The van der Waals surface area contributed by atoms with E-state index in [0.29, 0.717) is 11.5 Å². The largest absolute Gasteiger partial charge is 0.508 e. The van der Waals surface area contributed by atoms with E-state index in [1.54, 1.807) is 0 Å². The van der Waals surface area contributed by atoms with Crippen molar-refractivity contribution >= 4 is 5.91 Å². The van der Waals surface area contributed by atoms with E-state index in [2.05, 4.69) is 6.92 Å². The van der Waals surface area contributed by atoms with Crippen molar-refractivity contribution in [2.45, 2.75) is 32.7 Å². The lowest BCUT2D eigenvalue weighted by molar-refractivity contribution is 0.0573. The highest BCUT2D eigenvalue weighted by Gasteiger charge is 2.27. The summed E-state index contributed by atoms with van der Waals surface area (Å²) < 4.78 is 0. The number of phenols is 2. The molecule has 0 aliphatic carbocycles. The van der Waals surface area contributed by atoms with Crippen LogP contribution in [0.4, 0.5) is 0 Å². The van der Waals surface area contributed by atoms with Gasteiger partial charge in [0.15, 0.2) is 0 Å². The Morgan fingerprint density at radius 2 is 1.78 bits per heavy atom. The maximum atomic E-state index is 12.4. The summed E-state index contributed by atoms with van der Waals surface area (Å²) in [6, 6.07) is 4.22. The van der Waals surface area contributed by atoms with Gasteiger partial charge in [0.05, 0.1) is 0 Å². The lowest BCUT2D eigenvalue weighted by Gasteiger charge is -2.36. The van der Waals surface area contributed by atoms with E-state index < -0.39 is 0 Å². The molecule has 2 rings (SSSR count). The number of benzene rings is 1. The number of rotatable bonds is 1. The molecule has 0 saturated carbocycles. The Morgan fingerprint density at radius 1 is 1.17 bits per heavy atom. The normalized spacial score (nSPS) is 24.0. The first-order valence-corrected chi connectivity index (χ1v) is 6.31. The van der Waals surface area contributed by atoms with Gasteiger partial charge in [-0.3, -0.25) is 4.79 Å². The molecule has 2 atom stereocenters. The molecule has 0 spiro atoms. The molecule has 18 heavy (non-hydrogen) atoms. The van der Waals surface area contributed by atoms with E-state index in [1.807, 2.05) is 11.8 Å². The third kappa shape index (κ3) is 2.58. The number of piperidine rings is 1. The van der Waals surface area contributed by atoms with Gasteiger partial charge < -0.3 is 15.1 Å². The fourth-order valence-corrected chi connectivity index (χ4v) is 2.46. The number of phenolic OH excluding ortho intramolecular Hbond substituents is 2. The Hall–Kier alpha value is -1.71. The first-order chi connectivity index (χ1) is 8.47. The maximum Gasteiger partial charge on any atom is 0.254 e. The molecule has 1 saturated heterocycles. The van der Waals surface area contributed by atoms with Crippen molar-refractivity contribution < 1.29 is 15.0 Å². The summed E-state index contributed by atoms with van der Waals surface area (Å²) in [7, 11) is 0. The van der Waals surface area contributed by atoms with Crippen LogP contribution in [0.25, 0.3) is 0 Å². The van der Waals surface area contributed by atoms with Gasteiger partial charge >= 0.3 is 0 Å². The van der Waals surface area contributed by atoms with Gasteiger partial charge in [0, 0.05) is 24.2 Å². The predicted molar refractivity (Wildman–Crippen MR) is 68.7 cm³/mol. The molecule has 98 valence electrons. The zero-order valence-corrected chi connectivity index (χ0v) is 10.8. The number of hydrogen-bond acceptors (Lipinski definition) is 3. The first kappa shape index (κ1) is 12.7. The van der Waals surface area contributed by atoms with Crippen molar-refractivity contribution in [1.82, 2.24) is 4.90 Å². The fraction of sp³-hybridized carbons (Fsp3) is 0.500. The molecule has 4 heteroatoms. The molecule has 1 heterocycles. The van der Waals surface area contributed by atoms with Crippen LogP contribution in [0.2, 0.25) is 0 Å². The highest BCUT2D eigenvalue weighted by molar-refractivity contribution is 5.95. The summed E-state index contributed by atoms with van der Waals surface area (Å²) in [5.74, 6) is 0.198. The van der Waals surface area contributed by atoms with Crippen molar-refractivity contribution in [2.24, 2.45) is 5.92 Å². The standard InChI is InChI=1S/C14H19NO3/c1-9-3-4-10(2)15(8-9)14(18)11-5-12(16)7-13(17)6-11/h5-7,9-10,16-17H,3-4,8H2,1-2H3.